The highest BCUT2D eigenvalue weighted by Crippen LogP contribution is 2.46. The minimum Gasteiger partial charge on any atom is -0.392 e. The molecule has 1 saturated carbocycles. The van der Waals surface area contributed by atoms with Crippen molar-refractivity contribution in [1.29, 1.82) is 0 Å². The van der Waals surface area contributed by atoms with E-state index in [9.17, 15) is 4.79 Å². The van der Waals surface area contributed by atoms with Gasteiger partial charge in [-0.25, -0.2) is 0 Å². The molecule has 5 heteroatoms. The molecule has 0 atom stereocenters. The predicted octanol–water partition coefficient (Wildman–Crippen LogP) is 0.205. The first kappa shape index (κ1) is 11.4. The summed E-state index contributed by atoms with van der Waals surface area (Å²) in [5.74, 6) is -0.0512. The van der Waals surface area contributed by atoms with Crippen molar-refractivity contribution in [2.45, 2.75) is 19.8 Å². The smallest absolute Gasteiger partial charge is 0.233 e. The van der Waals surface area contributed by atoms with E-state index >= 15 is 0 Å². The topological polar surface area (TPSA) is 64.3 Å². The van der Waals surface area contributed by atoms with Gasteiger partial charge >= 0.3 is 0 Å². The molecule has 1 amide bonds. The van der Waals surface area contributed by atoms with Crippen LogP contribution in [0.1, 0.15) is 19.8 Å². The average molecular weight is 216 g/mol. The molecular weight excluding hydrogens is 200 g/mol. The molecule has 0 aliphatic heterocycles. The van der Waals surface area contributed by atoms with E-state index in [4.69, 9.17) is 22.7 Å². The SMILES string of the molecule is CCOCCNC(=O)C1(C(N)=S)CC1. The molecule has 0 radical (unpaired) electrons. The van der Waals surface area contributed by atoms with Crippen LogP contribution in [0.25, 0.3) is 0 Å². The first-order valence-electron chi connectivity index (χ1n) is 4.79. The number of rotatable bonds is 6. The highest BCUT2D eigenvalue weighted by molar-refractivity contribution is 7.80. The molecule has 1 fully saturated rings. The van der Waals surface area contributed by atoms with Gasteiger partial charge in [0.05, 0.1) is 17.0 Å². The molecule has 0 spiro atoms. The third kappa shape index (κ3) is 2.42. The van der Waals surface area contributed by atoms with Gasteiger partial charge in [-0.1, -0.05) is 12.2 Å². The first-order chi connectivity index (χ1) is 6.63. The summed E-state index contributed by atoms with van der Waals surface area (Å²) in [6, 6.07) is 0. The van der Waals surface area contributed by atoms with E-state index in [0.717, 1.165) is 12.8 Å². The standard InChI is InChI=1S/C9H16N2O2S/c1-2-13-6-5-11-8(12)9(3-4-9)7(10)14/h2-6H2,1H3,(H2,10,14)(H,11,12). The van der Waals surface area contributed by atoms with E-state index in [2.05, 4.69) is 5.32 Å². The molecule has 4 nitrogen and oxygen atoms in total. The molecule has 14 heavy (non-hydrogen) atoms. The molecule has 0 aromatic carbocycles. The maximum atomic E-state index is 11.6. The van der Waals surface area contributed by atoms with E-state index in [0.29, 0.717) is 24.7 Å². The minimum atomic E-state index is -0.540. The van der Waals surface area contributed by atoms with Gasteiger partial charge in [-0.15, -0.1) is 0 Å². The number of nitrogens with one attached hydrogen (secondary N) is 1. The summed E-state index contributed by atoms with van der Waals surface area (Å²) < 4.78 is 5.10. The molecule has 1 aliphatic carbocycles. The lowest BCUT2D eigenvalue weighted by Gasteiger charge is -2.13. The van der Waals surface area contributed by atoms with Gasteiger partial charge in [-0.3, -0.25) is 4.79 Å². The van der Waals surface area contributed by atoms with E-state index in [-0.39, 0.29) is 5.91 Å². The van der Waals surface area contributed by atoms with Crippen molar-refractivity contribution in [1.82, 2.24) is 5.32 Å². The van der Waals surface area contributed by atoms with Gasteiger partial charge in [-0.05, 0) is 19.8 Å². The number of nitrogens with two attached hydrogens (primary N) is 1. The van der Waals surface area contributed by atoms with Crippen LogP contribution in [0.4, 0.5) is 0 Å². The Hall–Kier alpha value is -0.680. The van der Waals surface area contributed by atoms with Gasteiger partial charge in [0.2, 0.25) is 5.91 Å². The summed E-state index contributed by atoms with van der Waals surface area (Å²) in [5.41, 5.74) is 4.96. The molecule has 0 aromatic heterocycles. The number of thiocarbonyl (C=S) groups is 1. The molecule has 1 rings (SSSR count). The fourth-order valence-corrected chi connectivity index (χ4v) is 1.56. The molecule has 1 aliphatic rings. The summed E-state index contributed by atoms with van der Waals surface area (Å²) in [6.07, 6.45) is 1.56. The Morgan fingerprint density at radius 1 is 1.64 bits per heavy atom. The van der Waals surface area contributed by atoms with E-state index in [1.54, 1.807) is 0 Å². The van der Waals surface area contributed by atoms with Crippen LogP contribution in [0, 0.1) is 5.41 Å². The minimum absolute atomic E-state index is 0.0512. The number of amides is 1. The summed E-state index contributed by atoms with van der Waals surface area (Å²) in [5, 5.41) is 2.77. The van der Waals surface area contributed by atoms with Crippen molar-refractivity contribution in [2.75, 3.05) is 19.8 Å². The molecule has 0 saturated heterocycles. The zero-order valence-corrected chi connectivity index (χ0v) is 9.15. The fraction of sp³-hybridized carbons (Fsp3) is 0.778. The van der Waals surface area contributed by atoms with Crippen LogP contribution in [0.3, 0.4) is 0 Å². The summed E-state index contributed by atoms with van der Waals surface area (Å²) in [7, 11) is 0. The Balaban J connectivity index is 2.25. The highest BCUT2D eigenvalue weighted by atomic mass is 32.1. The number of hydrogen-bond acceptors (Lipinski definition) is 3. The van der Waals surface area contributed by atoms with Crippen molar-refractivity contribution in [3.05, 3.63) is 0 Å². The Bertz CT molecular complexity index is 239. The molecule has 0 unspecified atom stereocenters. The van der Waals surface area contributed by atoms with Crippen LogP contribution in [0.2, 0.25) is 0 Å². The van der Waals surface area contributed by atoms with Gasteiger partial charge in [0.25, 0.3) is 0 Å². The van der Waals surface area contributed by atoms with Gasteiger partial charge < -0.3 is 15.8 Å². The highest BCUT2D eigenvalue weighted by Gasteiger charge is 2.52. The van der Waals surface area contributed by atoms with Crippen LogP contribution < -0.4 is 11.1 Å². The van der Waals surface area contributed by atoms with Crippen LogP contribution in [0.5, 0.6) is 0 Å². The summed E-state index contributed by atoms with van der Waals surface area (Å²) in [6.45, 7) is 3.64. The maximum absolute atomic E-state index is 11.6. The Morgan fingerprint density at radius 2 is 2.29 bits per heavy atom. The summed E-state index contributed by atoms with van der Waals surface area (Å²) in [4.78, 5) is 11.9. The van der Waals surface area contributed by atoms with Crippen LogP contribution in [-0.2, 0) is 9.53 Å². The van der Waals surface area contributed by atoms with Crippen molar-refractivity contribution >= 4 is 23.1 Å². The van der Waals surface area contributed by atoms with Crippen molar-refractivity contribution < 1.29 is 9.53 Å². The zero-order chi connectivity index (χ0) is 10.6. The van der Waals surface area contributed by atoms with E-state index in [1.165, 1.54) is 0 Å². The molecule has 0 bridgehead atoms. The second kappa shape index (κ2) is 4.70. The second-order valence-electron chi connectivity index (χ2n) is 3.40. The number of carbonyl (C=O) groups is 1. The lowest BCUT2D eigenvalue weighted by molar-refractivity contribution is -0.124. The molecule has 0 aromatic rings. The molecular formula is C9H16N2O2S. The van der Waals surface area contributed by atoms with Gasteiger partial charge in [0, 0.05) is 13.2 Å². The lowest BCUT2D eigenvalue weighted by Crippen LogP contribution is -2.40. The largest absolute Gasteiger partial charge is 0.392 e. The quantitative estimate of drug-likeness (QED) is 0.492. The number of ether oxygens (including phenoxy) is 1. The Kier molecular flexibility index (Phi) is 3.83. The van der Waals surface area contributed by atoms with Crippen LogP contribution >= 0.6 is 12.2 Å². The van der Waals surface area contributed by atoms with Crippen LogP contribution in [0.15, 0.2) is 0 Å². The van der Waals surface area contributed by atoms with Crippen molar-refractivity contribution in [3.63, 3.8) is 0 Å². The lowest BCUT2D eigenvalue weighted by atomic mass is 10.1. The zero-order valence-electron chi connectivity index (χ0n) is 8.34. The monoisotopic (exact) mass is 216 g/mol. The first-order valence-corrected chi connectivity index (χ1v) is 5.20. The van der Waals surface area contributed by atoms with Gasteiger partial charge in [0.1, 0.15) is 0 Å². The van der Waals surface area contributed by atoms with Crippen LogP contribution in [-0.4, -0.2) is 30.7 Å². The van der Waals surface area contributed by atoms with Gasteiger partial charge in [-0.2, -0.15) is 0 Å². The average Bonchev–Trinajstić information content (AvgIpc) is 2.92. The number of carbonyl (C=O) groups excluding carboxylic acids is 1. The maximum Gasteiger partial charge on any atom is 0.233 e. The van der Waals surface area contributed by atoms with Gasteiger partial charge in [0.15, 0.2) is 0 Å². The Labute approximate surface area is 89.2 Å². The molecule has 80 valence electrons. The molecule has 3 N–H and O–H groups in total. The second-order valence-corrected chi connectivity index (χ2v) is 3.84. The normalized spacial score (nSPS) is 17.5. The summed E-state index contributed by atoms with van der Waals surface area (Å²) >= 11 is 4.86. The number of hydrogen-bond donors (Lipinski definition) is 2. The van der Waals surface area contributed by atoms with E-state index < -0.39 is 5.41 Å². The fourth-order valence-electron chi connectivity index (χ4n) is 1.26. The molecule has 0 heterocycles. The third-order valence-electron chi connectivity index (χ3n) is 2.39. The van der Waals surface area contributed by atoms with E-state index in [1.807, 2.05) is 6.92 Å². The Morgan fingerprint density at radius 3 is 2.71 bits per heavy atom. The predicted molar refractivity (Wildman–Crippen MR) is 58.0 cm³/mol. The third-order valence-corrected chi connectivity index (χ3v) is 2.78. The van der Waals surface area contributed by atoms with Crippen molar-refractivity contribution in [2.24, 2.45) is 11.1 Å². The van der Waals surface area contributed by atoms with Crippen molar-refractivity contribution in [3.8, 4) is 0 Å².